The molecule has 6 rings (SSSR count). The van der Waals surface area contributed by atoms with Crippen LogP contribution in [-0.4, -0.2) is 4.98 Å². The molecule has 0 radical (unpaired) electrons. The largest absolute Gasteiger partial charge is 0.673 e. The van der Waals surface area contributed by atoms with Gasteiger partial charge >= 0.3 is 0 Å². The number of rotatable bonds is 8. The van der Waals surface area contributed by atoms with Crippen LogP contribution in [0.1, 0.15) is 85.5 Å². The molecule has 41 heavy (non-hydrogen) atoms. The Kier molecular flexibility index (Phi) is 10.4. The van der Waals surface area contributed by atoms with Crippen molar-refractivity contribution in [3.05, 3.63) is 143 Å². The van der Waals surface area contributed by atoms with Crippen LogP contribution in [0.4, 0.5) is 5.69 Å². The van der Waals surface area contributed by atoms with Gasteiger partial charge in [-0.2, -0.15) is 0 Å². The van der Waals surface area contributed by atoms with E-state index in [4.69, 9.17) is 10.3 Å². The Bertz CT molecular complexity index is 1590. The average molecular weight is 702 g/mol. The summed E-state index contributed by atoms with van der Waals surface area (Å²) in [6.07, 6.45) is 5.31. The van der Waals surface area contributed by atoms with Crippen LogP contribution in [0.2, 0.25) is 0 Å². The molecule has 2 nitrogen and oxygen atoms in total. The molecular weight excluding hydrogens is 663 g/mol. The van der Waals surface area contributed by atoms with Crippen LogP contribution >= 0.6 is 0 Å². The third-order valence-electron chi connectivity index (χ3n) is 8.14. The zero-order valence-corrected chi connectivity index (χ0v) is 28.3. The van der Waals surface area contributed by atoms with Crippen molar-refractivity contribution >= 4 is 16.5 Å². The Balaban J connectivity index is 0.00000194. The van der Waals surface area contributed by atoms with Crippen LogP contribution in [0.15, 0.2) is 91.0 Å². The van der Waals surface area contributed by atoms with Crippen molar-refractivity contribution in [3.63, 3.8) is 0 Å². The summed E-state index contributed by atoms with van der Waals surface area (Å²) in [6.45, 7) is 6.79. The summed E-state index contributed by atoms with van der Waals surface area (Å²) < 4.78 is 0. The van der Waals surface area contributed by atoms with Crippen molar-refractivity contribution in [1.29, 1.82) is 0 Å². The van der Waals surface area contributed by atoms with Gasteiger partial charge in [-0.1, -0.05) is 135 Å². The molecule has 0 amide bonds. The summed E-state index contributed by atoms with van der Waals surface area (Å²) in [7, 11) is 0. The van der Waals surface area contributed by atoms with Gasteiger partial charge < -0.3 is 17.7 Å². The summed E-state index contributed by atoms with van der Waals surface area (Å²) >= 11 is 0. The van der Waals surface area contributed by atoms with Gasteiger partial charge in [0.1, 0.15) is 0 Å². The number of aromatic nitrogens is 1. The van der Waals surface area contributed by atoms with Gasteiger partial charge in [-0.3, -0.25) is 0 Å². The number of para-hydroxylation sites is 1. The average Bonchev–Trinajstić information content (AvgIpc) is 2.98. The number of pyridine rings is 1. The van der Waals surface area contributed by atoms with Gasteiger partial charge in [-0.15, -0.1) is 34.8 Å². The minimum atomic E-state index is -0.137. The molecule has 1 aromatic heterocycles. The Morgan fingerprint density at radius 2 is 1.41 bits per heavy atom. The maximum Gasteiger partial charge on any atom is 0.0234 e. The summed E-state index contributed by atoms with van der Waals surface area (Å²) in [5.74, 6) is 0.321. The van der Waals surface area contributed by atoms with Crippen molar-refractivity contribution in [1.82, 2.24) is 4.98 Å². The van der Waals surface area contributed by atoms with Crippen molar-refractivity contribution in [3.8, 4) is 11.3 Å². The molecule has 0 bridgehead atoms. The van der Waals surface area contributed by atoms with E-state index in [2.05, 4.69) is 112 Å². The van der Waals surface area contributed by atoms with E-state index in [-0.39, 0.29) is 39.3 Å². The van der Waals surface area contributed by atoms with Crippen molar-refractivity contribution in [2.24, 2.45) is 0 Å². The monoisotopic (exact) mass is 703 g/mol. The molecule has 5 aromatic rings. The van der Waals surface area contributed by atoms with E-state index in [1.165, 1.54) is 44.3 Å². The molecule has 208 valence electrons. The maximum absolute atomic E-state index is 5.63. The zero-order chi connectivity index (χ0) is 26.8. The number of fused-ring (bicyclic) bond motifs is 3. The van der Waals surface area contributed by atoms with E-state index >= 15 is 0 Å². The fraction of sp³-hybridized carbons (Fsp3) is 0.263. The first-order valence-electron chi connectivity index (χ1n) is 14.5. The van der Waals surface area contributed by atoms with Crippen LogP contribution < -0.4 is 0 Å². The molecule has 1 aliphatic carbocycles. The predicted molar refractivity (Wildman–Crippen MR) is 170 cm³/mol. The van der Waals surface area contributed by atoms with Gasteiger partial charge in [0, 0.05) is 37.5 Å². The van der Waals surface area contributed by atoms with E-state index in [0.717, 1.165) is 49.1 Å². The molecule has 0 aliphatic heterocycles. The summed E-state index contributed by atoms with van der Waals surface area (Å²) in [5, 5.41) is 8.02. The van der Waals surface area contributed by atoms with Crippen LogP contribution in [0.3, 0.4) is 0 Å². The Labute approximate surface area is 265 Å². The van der Waals surface area contributed by atoms with Gasteiger partial charge in [-0.05, 0) is 42.1 Å². The van der Waals surface area contributed by atoms with Crippen molar-refractivity contribution in [2.75, 3.05) is 0 Å². The van der Waals surface area contributed by atoms with Crippen LogP contribution in [0.5, 0.6) is 0 Å². The van der Waals surface area contributed by atoms with Gasteiger partial charge in [0.25, 0.3) is 0 Å². The van der Waals surface area contributed by atoms with Gasteiger partial charge in [0.15, 0.2) is 0 Å². The summed E-state index contributed by atoms with van der Waals surface area (Å²) in [4.78, 5) is 5.43. The topological polar surface area (TPSA) is 27.0 Å². The molecule has 0 saturated carbocycles. The molecule has 0 spiro atoms. The fourth-order valence-electron chi connectivity index (χ4n) is 6.36. The van der Waals surface area contributed by atoms with Crippen molar-refractivity contribution < 1.29 is 25.8 Å². The SMILES string of the molecule is CCCc1cccc(CCC)c1[N-]C1c2ccccc2C(CC)c2ccc(-c3[c-]ccc4ccccc34)nc21.[CH3-].[Hf]. The Morgan fingerprint density at radius 3 is 2.12 bits per heavy atom. The minimum absolute atomic E-state index is 0. The van der Waals surface area contributed by atoms with Crippen LogP contribution in [0, 0.1) is 13.5 Å². The molecular formula is C38H39HfN2-3. The number of aryl methyl sites for hydroxylation is 2. The standard InChI is InChI=1S/C37H36N2.CH3.Hf/c1-4-13-26-17-11-18-27(14-5-2)35(26)39-37-32-21-10-9-20-30(32)28(6-3)33-23-24-34(38-36(33)37)31-22-12-16-25-15-7-8-19-29(25)31;;/h7-12,15-21,23-24,28,37H,4-6,13-14H2,1-3H3;1H3;/q-2;-1;. The molecule has 1 aliphatic rings. The van der Waals surface area contributed by atoms with E-state index < -0.39 is 0 Å². The molecule has 2 unspecified atom stereocenters. The van der Waals surface area contributed by atoms with Gasteiger partial charge in [0.05, 0.1) is 0 Å². The second-order valence-electron chi connectivity index (χ2n) is 10.7. The molecule has 1 heterocycles. The quantitative estimate of drug-likeness (QED) is 0.117. The van der Waals surface area contributed by atoms with E-state index in [9.17, 15) is 0 Å². The first kappa shape index (κ1) is 30.9. The number of hydrogen-bond donors (Lipinski definition) is 0. The first-order chi connectivity index (χ1) is 19.2. The molecule has 0 N–H and O–H groups in total. The molecule has 2 atom stereocenters. The summed E-state index contributed by atoms with van der Waals surface area (Å²) in [5.41, 5.74) is 11.0. The normalized spacial score (nSPS) is 15.3. The Hall–Kier alpha value is -3.04. The van der Waals surface area contributed by atoms with Crippen molar-refractivity contribution in [2.45, 2.75) is 64.8 Å². The third kappa shape index (κ3) is 5.84. The Morgan fingerprint density at radius 1 is 0.732 bits per heavy atom. The smallest absolute Gasteiger partial charge is 0.0234 e. The van der Waals surface area contributed by atoms with E-state index in [1.54, 1.807) is 0 Å². The maximum atomic E-state index is 5.63. The zero-order valence-electron chi connectivity index (χ0n) is 24.7. The fourth-order valence-corrected chi connectivity index (χ4v) is 6.36. The number of hydrogen-bond acceptors (Lipinski definition) is 1. The number of benzene rings is 4. The molecule has 0 saturated heterocycles. The third-order valence-corrected chi connectivity index (χ3v) is 8.14. The second-order valence-corrected chi connectivity index (χ2v) is 10.7. The second kappa shape index (κ2) is 13.7. The van der Waals surface area contributed by atoms with E-state index in [1.807, 2.05) is 6.07 Å². The number of nitrogens with zero attached hydrogens (tertiary/aromatic N) is 2. The van der Waals surface area contributed by atoms with Crippen LogP contribution in [-0.2, 0) is 38.7 Å². The first-order valence-corrected chi connectivity index (χ1v) is 14.5. The van der Waals surface area contributed by atoms with Crippen LogP contribution in [0.25, 0.3) is 27.3 Å². The molecule has 4 aromatic carbocycles. The molecule has 0 fully saturated rings. The van der Waals surface area contributed by atoms with E-state index in [0.29, 0.717) is 5.92 Å². The van der Waals surface area contributed by atoms with Gasteiger partial charge in [0.2, 0.25) is 0 Å². The van der Waals surface area contributed by atoms with Gasteiger partial charge in [-0.25, -0.2) is 0 Å². The molecule has 3 heteroatoms. The summed E-state index contributed by atoms with van der Waals surface area (Å²) in [6, 6.07) is 36.2. The minimum Gasteiger partial charge on any atom is -0.673 e. The predicted octanol–water partition coefficient (Wildman–Crippen LogP) is 10.7.